The number of hydrogen-bond donors (Lipinski definition) is 2. The Kier molecular flexibility index (Phi) is 4.81. The van der Waals surface area contributed by atoms with Gasteiger partial charge >= 0.3 is 0 Å². The lowest BCUT2D eigenvalue weighted by atomic mass is 9.74. The highest BCUT2D eigenvalue weighted by Gasteiger charge is 2.31. The van der Waals surface area contributed by atoms with E-state index in [9.17, 15) is 5.11 Å². The molecule has 2 aromatic carbocycles. The van der Waals surface area contributed by atoms with E-state index in [4.69, 9.17) is 5.73 Å². The number of aliphatic hydroxyl groups is 1. The van der Waals surface area contributed by atoms with E-state index in [2.05, 4.69) is 51.1 Å². The van der Waals surface area contributed by atoms with Crippen molar-refractivity contribution in [3.8, 4) is 0 Å². The molecule has 1 unspecified atom stereocenters. The van der Waals surface area contributed by atoms with E-state index >= 15 is 0 Å². The van der Waals surface area contributed by atoms with E-state index < -0.39 is 5.41 Å². The lowest BCUT2D eigenvalue weighted by molar-refractivity contribution is 0.195. The minimum Gasteiger partial charge on any atom is -0.395 e. The van der Waals surface area contributed by atoms with Gasteiger partial charge in [0.1, 0.15) is 0 Å². The first-order valence-electron chi connectivity index (χ1n) is 7.45. The van der Waals surface area contributed by atoms with Crippen LogP contribution < -0.4 is 5.73 Å². The number of benzene rings is 2. The van der Waals surface area contributed by atoms with Crippen LogP contribution in [0.15, 0.2) is 42.5 Å². The Bertz CT molecular complexity index is 615. The van der Waals surface area contributed by atoms with Crippen LogP contribution in [0.2, 0.25) is 0 Å². The number of rotatable bonds is 5. The van der Waals surface area contributed by atoms with Crippen molar-refractivity contribution in [2.75, 3.05) is 13.2 Å². The molecule has 1 atom stereocenters. The molecular weight excluding hydrogens is 258 g/mol. The molecule has 2 rings (SSSR count). The van der Waals surface area contributed by atoms with Crippen LogP contribution >= 0.6 is 0 Å². The van der Waals surface area contributed by atoms with Gasteiger partial charge in [-0.25, -0.2) is 0 Å². The molecular formula is C19H25NO. The van der Waals surface area contributed by atoms with Gasteiger partial charge in [0.2, 0.25) is 0 Å². The fourth-order valence-corrected chi connectivity index (χ4v) is 2.96. The summed E-state index contributed by atoms with van der Waals surface area (Å²) in [5.74, 6) is 0. The van der Waals surface area contributed by atoms with Crippen LogP contribution in [0.3, 0.4) is 0 Å². The van der Waals surface area contributed by atoms with Gasteiger partial charge in [-0.05, 0) is 55.0 Å². The highest BCUT2D eigenvalue weighted by molar-refractivity contribution is 5.38. The Hall–Kier alpha value is -1.64. The normalized spacial score (nSPS) is 14.0. The predicted octanol–water partition coefficient (Wildman–Crippen LogP) is 3.04. The lowest BCUT2D eigenvalue weighted by Gasteiger charge is -2.33. The first-order valence-corrected chi connectivity index (χ1v) is 7.45. The van der Waals surface area contributed by atoms with Gasteiger partial charge in [0.25, 0.3) is 0 Å². The third-order valence-electron chi connectivity index (χ3n) is 4.52. The zero-order chi connectivity index (χ0) is 15.5. The summed E-state index contributed by atoms with van der Waals surface area (Å²) in [7, 11) is 0. The smallest absolute Gasteiger partial charge is 0.0543 e. The molecule has 21 heavy (non-hydrogen) atoms. The van der Waals surface area contributed by atoms with Gasteiger partial charge in [-0.15, -0.1) is 0 Å². The van der Waals surface area contributed by atoms with Crippen molar-refractivity contribution >= 4 is 0 Å². The number of aryl methyl sites for hydroxylation is 3. The predicted molar refractivity (Wildman–Crippen MR) is 88.6 cm³/mol. The van der Waals surface area contributed by atoms with E-state index in [0.717, 1.165) is 12.0 Å². The molecule has 0 aromatic heterocycles. The van der Waals surface area contributed by atoms with Gasteiger partial charge in [-0.1, -0.05) is 42.5 Å². The molecule has 0 aliphatic carbocycles. The summed E-state index contributed by atoms with van der Waals surface area (Å²) >= 11 is 0. The summed E-state index contributed by atoms with van der Waals surface area (Å²) in [5.41, 5.74) is 11.8. The molecule has 2 nitrogen and oxygen atoms in total. The molecule has 0 heterocycles. The summed E-state index contributed by atoms with van der Waals surface area (Å²) in [6.45, 7) is 6.80. The fraction of sp³-hybridized carbons (Fsp3) is 0.368. The minimum atomic E-state index is -0.410. The van der Waals surface area contributed by atoms with Crippen molar-refractivity contribution in [3.63, 3.8) is 0 Å². The van der Waals surface area contributed by atoms with E-state index in [1.54, 1.807) is 0 Å². The number of nitrogens with two attached hydrogens (primary N) is 1. The minimum absolute atomic E-state index is 0.0568. The lowest BCUT2D eigenvalue weighted by Crippen LogP contribution is -2.41. The second kappa shape index (κ2) is 6.42. The van der Waals surface area contributed by atoms with Gasteiger partial charge in [-0.3, -0.25) is 0 Å². The molecule has 0 aliphatic heterocycles. The van der Waals surface area contributed by atoms with Gasteiger partial charge in [0.15, 0.2) is 0 Å². The van der Waals surface area contributed by atoms with Crippen molar-refractivity contribution in [2.45, 2.75) is 32.6 Å². The zero-order valence-corrected chi connectivity index (χ0v) is 13.2. The van der Waals surface area contributed by atoms with Crippen molar-refractivity contribution < 1.29 is 5.11 Å². The molecule has 0 radical (unpaired) electrons. The largest absolute Gasteiger partial charge is 0.395 e. The molecule has 0 spiro atoms. The van der Waals surface area contributed by atoms with E-state index in [1.807, 2.05) is 12.1 Å². The zero-order valence-electron chi connectivity index (χ0n) is 13.2. The average molecular weight is 283 g/mol. The summed E-state index contributed by atoms with van der Waals surface area (Å²) in [6, 6.07) is 14.7. The standard InChI is InChI=1S/C19H25NO/c1-14-8-9-17(10-16(14)3)11-19(12-20,13-21)18-7-5-4-6-15(18)2/h4-10,21H,11-13,20H2,1-3H3. The Morgan fingerprint density at radius 3 is 2.24 bits per heavy atom. The van der Waals surface area contributed by atoms with Gasteiger partial charge in [0, 0.05) is 12.0 Å². The molecule has 2 aromatic rings. The van der Waals surface area contributed by atoms with E-state index in [-0.39, 0.29) is 6.61 Å². The van der Waals surface area contributed by atoms with Crippen LogP contribution in [0, 0.1) is 20.8 Å². The molecule has 0 amide bonds. The third-order valence-corrected chi connectivity index (χ3v) is 4.52. The summed E-state index contributed by atoms with van der Waals surface area (Å²) in [4.78, 5) is 0. The van der Waals surface area contributed by atoms with Crippen molar-refractivity contribution in [3.05, 3.63) is 70.3 Å². The second-order valence-electron chi connectivity index (χ2n) is 6.05. The summed E-state index contributed by atoms with van der Waals surface area (Å²) in [6.07, 6.45) is 0.756. The van der Waals surface area contributed by atoms with Crippen molar-refractivity contribution in [2.24, 2.45) is 5.73 Å². The first-order chi connectivity index (χ1) is 10.0. The SMILES string of the molecule is Cc1ccc(CC(CN)(CO)c2ccccc2C)cc1C. The summed E-state index contributed by atoms with van der Waals surface area (Å²) in [5, 5.41) is 10.1. The molecule has 3 N–H and O–H groups in total. The molecule has 0 saturated heterocycles. The molecule has 2 heteroatoms. The van der Waals surface area contributed by atoms with Crippen LogP contribution in [0.1, 0.15) is 27.8 Å². The highest BCUT2D eigenvalue weighted by atomic mass is 16.3. The fourth-order valence-electron chi connectivity index (χ4n) is 2.96. The van der Waals surface area contributed by atoms with E-state index in [0.29, 0.717) is 6.54 Å². The van der Waals surface area contributed by atoms with Crippen LogP contribution in [-0.4, -0.2) is 18.3 Å². The monoisotopic (exact) mass is 283 g/mol. The second-order valence-corrected chi connectivity index (χ2v) is 6.05. The molecule has 0 fully saturated rings. The van der Waals surface area contributed by atoms with Gasteiger partial charge in [-0.2, -0.15) is 0 Å². The van der Waals surface area contributed by atoms with Crippen LogP contribution in [0.5, 0.6) is 0 Å². The first kappa shape index (κ1) is 15.7. The van der Waals surface area contributed by atoms with Crippen LogP contribution in [-0.2, 0) is 11.8 Å². The Labute approximate surface area is 127 Å². The quantitative estimate of drug-likeness (QED) is 0.886. The van der Waals surface area contributed by atoms with Crippen molar-refractivity contribution in [1.29, 1.82) is 0 Å². The summed E-state index contributed by atoms with van der Waals surface area (Å²) < 4.78 is 0. The van der Waals surface area contributed by atoms with Crippen LogP contribution in [0.25, 0.3) is 0 Å². The van der Waals surface area contributed by atoms with Crippen molar-refractivity contribution in [1.82, 2.24) is 0 Å². The van der Waals surface area contributed by atoms with Crippen LogP contribution in [0.4, 0.5) is 0 Å². The Morgan fingerprint density at radius 2 is 1.67 bits per heavy atom. The maximum Gasteiger partial charge on any atom is 0.0543 e. The topological polar surface area (TPSA) is 46.2 Å². The maximum absolute atomic E-state index is 10.1. The number of aliphatic hydroxyl groups excluding tert-OH is 1. The number of hydrogen-bond acceptors (Lipinski definition) is 2. The highest BCUT2D eigenvalue weighted by Crippen LogP contribution is 2.30. The van der Waals surface area contributed by atoms with E-state index in [1.165, 1.54) is 22.3 Å². The molecule has 0 bridgehead atoms. The Morgan fingerprint density at radius 1 is 0.952 bits per heavy atom. The maximum atomic E-state index is 10.1. The van der Waals surface area contributed by atoms with Gasteiger partial charge < -0.3 is 10.8 Å². The Balaban J connectivity index is 2.43. The average Bonchev–Trinajstić information content (AvgIpc) is 2.49. The molecule has 112 valence electrons. The van der Waals surface area contributed by atoms with Gasteiger partial charge in [0.05, 0.1) is 6.61 Å². The third kappa shape index (κ3) is 3.17. The molecule has 0 saturated carbocycles. The molecule has 0 aliphatic rings.